The third-order valence-electron chi connectivity index (χ3n) is 3.56. The number of aryl methyl sites for hydroxylation is 2. The van der Waals surface area contributed by atoms with Crippen molar-refractivity contribution in [2.24, 2.45) is 0 Å². The van der Waals surface area contributed by atoms with E-state index in [9.17, 15) is 5.11 Å². The Kier molecular flexibility index (Phi) is 3.48. The maximum absolute atomic E-state index is 10.5. The molecule has 2 aromatic carbocycles. The van der Waals surface area contributed by atoms with Crippen molar-refractivity contribution in [2.45, 2.75) is 20.3 Å². The molecule has 0 saturated heterocycles. The molecule has 0 aliphatic rings. The number of aromatic nitrogens is 2. The molecule has 0 aliphatic carbocycles. The molecule has 3 nitrogen and oxygen atoms in total. The van der Waals surface area contributed by atoms with Gasteiger partial charge < -0.3 is 5.11 Å². The number of rotatable bonds is 3. The van der Waals surface area contributed by atoms with E-state index in [4.69, 9.17) is 0 Å². The van der Waals surface area contributed by atoms with Crippen LogP contribution < -0.4 is 0 Å². The van der Waals surface area contributed by atoms with E-state index in [1.54, 1.807) is 0 Å². The van der Waals surface area contributed by atoms with Crippen LogP contribution in [0.15, 0.2) is 54.6 Å². The molecule has 1 N–H and O–H groups in total. The summed E-state index contributed by atoms with van der Waals surface area (Å²) < 4.78 is 1.82. The van der Waals surface area contributed by atoms with Crippen LogP contribution in [-0.4, -0.2) is 14.9 Å². The van der Waals surface area contributed by atoms with Crippen LogP contribution in [0, 0.1) is 6.92 Å². The lowest BCUT2D eigenvalue weighted by Gasteiger charge is -2.08. The molecule has 3 aromatic rings. The van der Waals surface area contributed by atoms with E-state index in [2.05, 4.69) is 11.2 Å². The predicted molar refractivity (Wildman–Crippen MR) is 84.8 cm³/mol. The molecule has 0 bridgehead atoms. The van der Waals surface area contributed by atoms with Crippen molar-refractivity contribution in [2.75, 3.05) is 0 Å². The van der Waals surface area contributed by atoms with Gasteiger partial charge in [-0.3, -0.25) is 0 Å². The van der Waals surface area contributed by atoms with Gasteiger partial charge in [0, 0.05) is 5.56 Å². The van der Waals surface area contributed by atoms with E-state index in [-0.39, 0.29) is 5.75 Å². The van der Waals surface area contributed by atoms with Crippen molar-refractivity contribution in [3.05, 3.63) is 65.9 Å². The third kappa shape index (κ3) is 2.42. The highest BCUT2D eigenvalue weighted by Gasteiger charge is 2.18. The number of hydrogen-bond acceptors (Lipinski definition) is 2. The van der Waals surface area contributed by atoms with Crippen molar-refractivity contribution < 1.29 is 5.11 Å². The first-order valence-electron chi connectivity index (χ1n) is 7.14. The molecule has 0 amide bonds. The summed E-state index contributed by atoms with van der Waals surface area (Å²) in [6, 6.07) is 18.0. The van der Waals surface area contributed by atoms with Crippen molar-refractivity contribution in [3.8, 4) is 22.7 Å². The fourth-order valence-corrected chi connectivity index (χ4v) is 2.50. The summed E-state index contributed by atoms with van der Waals surface area (Å²) in [4.78, 5) is 0. The van der Waals surface area contributed by atoms with E-state index in [1.807, 2.05) is 67.1 Å². The zero-order valence-electron chi connectivity index (χ0n) is 12.2. The van der Waals surface area contributed by atoms with Crippen LogP contribution in [0.5, 0.6) is 5.75 Å². The molecule has 0 fully saturated rings. The van der Waals surface area contributed by atoms with Gasteiger partial charge in [0.1, 0.15) is 11.4 Å². The van der Waals surface area contributed by atoms with E-state index in [0.717, 1.165) is 28.2 Å². The minimum absolute atomic E-state index is 0.270. The zero-order chi connectivity index (χ0) is 14.8. The first-order chi connectivity index (χ1) is 10.2. The van der Waals surface area contributed by atoms with E-state index in [0.29, 0.717) is 6.42 Å². The van der Waals surface area contributed by atoms with Gasteiger partial charge in [-0.15, -0.1) is 0 Å². The number of aromatic hydroxyl groups is 1. The van der Waals surface area contributed by atoms with Gasteiger partial charge in [0.05, 0.1) is 5.69 Å². The molecular weight excluding hydrogens is 260 g/mol. The van der Waals surface area contributed by atoms with Crippen LogP contribution in [-0.2, 0) is 6.42 Å². The Labute approximate surface area is 124 Å². The topological polar surface area (TPSA) is 38.0 Å². The Balaban J connectivity index is 2.26. The monoisotopic (exact) mass is 278 g/mol. The largest absolute Gasteiger partial charge is 0.504 e. The molecule has 0 unspecified atom stereocenters. The summed E-state index contributed by atoms with van der Waals surface area (Å²) in [5.74, 6) is 0.270. The van der Waals surface area contributed by atoms with Crippen molar-refractivity contribution in [3.63, 3.8) is 0 Å². The minimum Gasteiger partial charge on any atom is -0.504 e. The fourth-order valence-electron chi connectivity index (χ4n) is 2.50. The van der Waals surface area contributed by atoms with E-state index < -0.39 is 0 Å². The molecule has 3 heteroatoms. The Morgan fingerprint density at radius 2 is 1.81 bits per heavy atom. The molecular formula is C18H18N2O. The summed E-state index contributed by atoms with van der Waals surface area (Å²) in [6.07, 6.45) is 0.699. The lowest BCUT2D eigenvalue weighted by Crippen LogP contribution is -1.99. The first-order valence-corrected chi connectivity index (χ1v) is 7.14. The molecule has 0 atom stereocenters. The zero-order valence-corrected chi connectivity index (χ0v) is 12.2. The fraction of sp³-hybridized carbons (Fsp3) is 0.167. The highest BCUT2D eigenvalue weighted by Crippen LogP contribution is 2.34. The second-order valence-corrected chi connectivity index (χ2v) is 5.11. The van der Waals surface area contributed by atoms with Crippen LogP contribution in [0.2, 0.25) is 0 Å². The van der Waals surface area contributed by atoms with Gasteiger partial charge in [-0.25, -0.2) is 4.68 Å². The maximum atomic E-state index is 10.5. The van der Waals surface area contributed by atoms with Crippen molar-refractivity contribution >= 4 is 0 Å². The summed E-state index contributed by atoms with van der Waals surface area (Å²) in [6.45, 7) is 4.04. The summed E-state index contributed by atoms with van der Waals surface area (Å²) >= 11 is 0. The summed E-state index contributed by atoms with van der Waals surface area (Å²) in [5.41, 5.74) is 4.55. The lowest BCUT2D eigenvalue weighted by molar-refractivity contribution is 0.471. The molecule has 0 spiro atoms. The van der Waals surface area contributed by atoms with Gasteiger partial charge >= 0.3 is 0 Å². The molecule has 1 aromatic heterocycles. The van der Waals surface area contributed by atoms with Gasteiger partial charge in [0.15, 0.2) is 5.75 Å². The second-order valence-electron chi connectivity index (χ2n) is 5.11. The molecule has 0 saturated carbocycles. The number of nitrogens with zero attached hydrogens (tertiary/aromatic N) is 2. The average Bonchev–Trinajstić information content (AvgIpc) is 2.85. The molecule has 106 valence electrons. The molecule has 21 heavy (non-hydrogen) atoms. The van der Waals surface area contributed by atoms with Crippen LogP contribution in [0.1, 0.15) is 18.2 Å². The lowest BCUT2D eigenvalue weighted by atomic mass is 10.1. The Bertz CT molecular complexity index is 760. The van der Waals surface area contributed by atoms with Crippen molar-refractivity contribution in [1.29, 1.82) is 0 Å². The Morgan fingerprint density at radius 3 is 2.48 bits per heavy atom. The van der Waals surface area contributed by atoms with Gasteiger partial charge in [-0.2, -0.15) is 5.10 Å². The highest BCUT2D eigenvalue weighted by atomic mass is 16.3. The predicted octanol–water partition coefficient (Wildman–Crippen LogP) is 4.12. The average molecular weight is 278 g/mol. The molecule has 0 aliphatic heterocycles. The Hall–Kier alpha value is -2.55. The second kappa shape index (κ2) is 5.44. The van der Waals surface area contributed by atoms with Crippen LogP contribution in [0.25, 0.3) is 16.9 Å². The summed E-state index contributed by atoms with van der Waals surface area (Å²) in [5, 5.41) is 15.1. The minimum atomic E-state index is 0.270. The standard InChI is InChI=1S/C18H18N2O/c1-3-16-18(21)17(14-9-7-8-13(2)12-14)20(19-16)15-10-5-4-6-11-15/h4-12,21H,3H2,1-2H3. The van der Waals surface area contributed by atoms with Crippen LogP contribution in [0.3, 0.4) is 0 Å². The van der Waals surface area contributed by atoms with Crippen molar-refractivity contribution in [1.82, 2.24) is 9.78 Å². The number of para-hydroxylation sites is 1. The first kappa shape index (κ1) is 13.4. The van der Waals surface area contributed by atoms with E-state index in [1.165, 1.54) is 0 Å². The van der Waals surface area contributed by atoms with E-state index >= 15 is 0 Å². The number of hydrogen-bond donors (Lipinski definition) is 1. The van der Waals surface area contributed by atoms with Gasteiger partial charge in [-0.1, -0.05) is 48.9 Å². The molecule has 1 heterocycles. The normalized spacial score (nSPS) is 10.8. The Morgan fingerprint density at radius 1 is 1.05 bits per heavy atom. The quantitative estimate of drug-likeness (QED) is 0.782. The molecule has 3 rings (SSSR count). The van der Waals surface area contributed by atoms with Gasteiger partial charge in [0.2, 0.25) is 0 Å². The smallest absolute Gasteiger partial charge is 0.165 e. The molecule has 0 radical (unpaired) electrons. The van der Waals surface area contributed by atoms with Crippen LogP contribution >= 0.6 is 0 Å². The number of benzene rings is 2. The highest BCUT2D eigenvalue weighted by molar-refractivity contribution is 5.70. The van der Waals surface area contributed by atoms with Gasteiger partial charge in [0.25, 0.3) is 0 Å². The third-order valence-corrected chi connectivity index (χ3v) is 3.56. The SMILES string of the molecule is CCc1nn(-c2ccccc2)c(-c2cccc(C)c2)c1O. The maximum Gasteiger partial charge on any atom is 0.165 e. The van der Waals surface area contributed by atoms with Crippen LogP contribution in [0.4, 0.5) is 0 Å². The van der Waals surface area contributed by atoms with Gasteiger partial charge in [-0.05, 0) is 31.5 Å². The summed E-state index contributed by atoms with van der Waals surface area (Å²) in [7, 11) is 0.